The molecule has 0 aromatic heterocycles. The maximum atomic E-state index is 11.6. The second-order valence-electron chi connectivity index (χ2n) is 4.27. The number of hydrogen-bond acceptors (Lipinski definition) is 2. The van der Waals surface area contributed by atoms with E-state index in [1.54, 1.807) is 6.92 Å². The van der Waals surface area contributed by atoms with Crippen molar-refractivity contribution in [3.63, 3.8) is 0 Å². The molecule has 2 nitrogen and oxygen atoms in total. The first-order valence-electron chi connectivity index (χ1n) is 4.82. The van der Waals surface area contributed by atoms with E-state index < -0.39 is 0 Å². The lowest BCUT2D eigenvalue weighted by Crippen LogP contribution is -2.19. The molecule has 13 heavy (non-hydrogen) atoms. The number of Topliss-reactive ketones (excluding diaryl/α,β-unsaturated/α-hetero) is 2. The van der Waals surface area contributed by atoms with E-state index in [0.29, 0.717) is 12.2 Å². The van der Waals surface area contributed by atoms with Gasteiger partial charge < -0.3 is 0 Å². The van der Waals surface area contributed by atoms with Crippen LogP contribution in [0.15, 0.2) is 11.1 Å². The van der Waals surface area contributed by atoms with Crippen molar-refractivity contribution < 1.29 is 9.59 Å². The van der Waals surface area contributed by atoms with Crippen LogP contribution in [0.3, 0.4) is 0 Å². The fraction of sp³-hybridized carbons (Fsp3) is 0.636. The van der Waals surface area contributed by atoms with E-state index in [1.807, 2.05) is 6.92 Å². The molecule has 0 aromatic carbocycles. The minimum absolute atomic E-state index is 0.161. The van der Waals surface area contributed by atoms with Crippen LogP contribution in [-0.2, 0) is 9.59 Å². The number of ketones is 2. The molecule has 70 valence electrons. The van der Waals surface area contributed by atoms with E-state index in [1.165, 1.54) is 0 Å². The molecule has 1 unspecified atom stereocenters. The largest absolute Gasteiger partial charge is 0.299 e. The Balaban J connectivity index is 2.48. The van der Waals surface area contributed by atoms with Crippen LogP contribution >= 0.6 is 0 Å². The van der Waals surface area contributed by atoms with Crippen molar-refractivity contribution in [2.45, 2.75) is 39.5 Å². The van der Waals surface area contributed by atoms with Gasteiger partial charge in [0.25, 0.3) is 0 Å². The van der Waals surface area contributed by atoms with Crippen LogP contribution in [0, 0.1) is 5.41 Å². The first-order valence-corrected chi connectivity index (χ1v) is 4.82. The van der Waals surface area contributed by atoms with Crippen LogP contribution < -0.4 is 0 Å². The van der Waals surface area contributed by atoms with E-state index in [2.05, 4.69) is 0 Å². The summed E-state index contributed by atoms with van der Waals surface area (Å²) < 4.78 is 0. The third kappa shape index (κ3) is 1.01. The Bertz CT molecular complexity index is 325. The predicted molar refractivity (Wildman–Crippen MR) is 49.3 cm³/mol. The summed E-state index contributed by atoms with van der Waals surface area (Å²) in [4.78, 5) is 22.9. The van der Waals surface area contributed by atoms with Gasteiger partial charge >= 0.3 is 0 Å². The molecule has 0 aromatic rings. The predicted octanol–water partition coefficient (Wildman–Crippen LogP) is 2.04. The Morgan fingerprint density at radius 2 is 2.00 bits per heavy atom. The average molecular weight is 178 g/mol. The van der Waals surface area contributed by atoms with Crippen LogP contribution in [0.1, 0.15) is 39.5 Å². The molecule has 2 rings (SSSR count). The fourth-order valence-corrected chi connectivity index (χ4v) is 2.65. The Morgan fingerprint density at radius 3 is 2.62 bits per heavy atom. The topological polar surface area (TPSA) is 34.1 Å². The lowest BCUT2D eigenvalue weighted by molar-refractivity contribution is -0.124. The quantitative estimate of drug-likeness (QED) is 0.615. The SMILES string of the molecule is CC(=O)C1=C2CCC(=O)C2(C)CC1. The summed E-state index contributed by atoms with van der Waals surface area (Å²) in [6.45, 7) is 3.60. The average Bonchev–Trinajstić information content (AvgIpc) is 2.51. The van der Waals surface area contributed by atoms with Gasteiger partial charge in [-0.25, -0.2) is 0 Å². The molecule has 0 spiro atoms. The molecule has 0 heterocycles. The number of carbonyl (C=O) groups is 2. The second kappa shape index (κ2) is 2.53. The van der Waals surface area contributed by atoms with Crippen molar-refractivity contribution in [1.82, 2.24) is 0 Å². The molecular formula is C11H14O2. The minimum atomic E-state index is -0.263. The van der Waals surface area contributed by atoms with Crippen molar-refractivity contribution in [2.24, 2.45) is 5.41 Å². The third-order valence-electron chi connectivity index (χ3n) is 3.55. The zero-order valence-electron chi connectivity index (χ0n) is 8.14. The zero-order valence-corrected chi connectivity index (χ0v) is 8.14. The van der Waals surface area contributed by atoms with Crippen LogP contribution in [0.5, 0.6) is 0 Å². The molecule has 0 N–H and O–H groups in total. The Hall–Kier alpha value is -0.920. The Kier molecular flexibility index (Phi) is 1.69. The molecule has 1 saturated carbocycles. The Morgan fingerprint density at radius 1 is 1.31 bits per heavy atom. The van der Waals surface area contributed by atoms with Gasteiger partial charge in [0.15, 0.2) is 5.78 Å². The van der Waals surface area contributed by atoms with Gasteiger partial charge in [0.2, 0.25) is 0 Å². The van der Waals surface area contributed by atoms with E-state index in [0.717, 1.165) is 30.4 Å². The molecule has 2 heteroatoms. The Labute approximate surface area is 78.0 Å². The zero-order chi connectivity index (χ0) is 9.64. The second-order valence-corrected chi connectivity index (χ2v) is 4.27. The van der Waals surface area contributed by atoms with Gasteiger partial charge in [-0.3, -0.25) is 9.59 Å². The highest BCUT2D eigenvalue weighted by atomic mass is 16.1. The summed E-state index contributed by atoms with van der Waals surface area (Å²) in [6.07, 6.45) is 3.13. The van der Waals surface area contributed by atoms with Gasteiger partial charge in [-0.05, 0) is 44.3 Å². The van der Waals surface area contributed by atoms with E-state index in [9.17, 15) is 9.59 Å². The maximum Gasteiger partial charge on any atom is 0.155 e. The summed E-state index contributed by atoms with van der Waals surface area (Å²) in [5.74, 6) is 0.493. The summed E-state index contributed by atoms with van der Waals surface area (Å²) in [6, 6.07) is 0. The number of carbonyl (C=O) groups excluding carboxylic acids is 2. The van der Waals surface area contributed by atoms with Gasteiger partial charge in [-0.15, -0.1) is 0 Å². The highest BCUT2D eigenvalue weighted by molar-refractivity contribution is 6.00. The fourth-order valence-electron chi connectivity index (χ4n) is 2.65. The normalized spacial score (nSPS) is 32.6. The molecular weight excluding hydrogens is 164 g/mol. The van der Waals surface area contributed by atoms with Crippen LogP contribution in [0.4, 0.5) is 0 Å². The molecule has 1 fully saturated rings. The number of allylic oxidation sites excluding steroid dienone is 2. The first-order chi connectivity index (χ1) is 6.05. The standard InChI is InChI=1S/C11H14O2/c1-7(12)8-5-6-11(2)9(8)3-4-10(11)13/h3-6H2,1-2H3. The van der Waals surface area contributed by atoms with Gasteiger partial charge in [-0.1, -0.05) is 0 Å². The van der Waals surface area contributed by atoms with Gasteiger partial charge in [0.05, 0.1) is 0 Å². The van der Waals surface area contributed by atoms with Crippen molar-refractivity contribution in [3.8, 4) is 0 Å². The monoisotopic (exact) mass is 178 g/mol. The molecule has 0 bridgehead atoms. The summed E-state index contributed by atoms with van der Waals surface area (Å²) in [7, 11) is 0. The lowest BCUT2D eigenvalue weighted by atomic mass is 9.84. The summed E-state index contributed by atoms with van der Waals surface area (Å²) in [5.41, 5.74) is 1.82. The van der Waals surface area contributed by atoms with E-state index in [-0.39, 0.29) is 11.2 Å². The molecule has 2 aliphatic carbocycles. The van der Waals surface area contributed by atoms with Crippen LogP contribution in [0.2, 0.25) is 0 Å². The van der Waals surface area contributed by atoms with Crippen molar-refractivity contribution in [2.75, 3.05) is 0 Å². The van der Waals surface area contributed by atoms with Crippen LogP contribution in [0.25, 0.3) is 0 Å². The minimum Gasteiger partial charge on any atom is -0.299 e. The van der Waals surface area contributed by atoms with Gasteiger partial charge in [0, 0.05) is 11.8 Å². The highest BCUT2D eigenvalue weighted by Gasteiger charge is 2.47. The highest BCUT2D eigenvalue weighted by Crippen LogP contribution is 2.51. The molecule has 2 aliphatic rings. The van der Waals surface area contributed by atoms with Crippen molar-refractivity contribution >= 4 is 11.6 Å². The maximum absolute atomic E-state index is 11.6. The number of rotatable bonds is 1. The molecule has 1 atom stereocenters. The molecule has 0 amide bonds. The third-order valence-corrected chi connectivity index (χ3v) is 3.55. The molecule has 0 radical (unpaired) electrons. The molecule has 0 saturated heterocycles. The van der Waals surface area contributed by atoms with Crippen LogP contribution in [-0.4, -0.2) is 11.6 Å². The van der Waals surface area contributed by atoms with Gasteiger partial charge in [0.1, 0.15) is 5.78 Å². The van der Waals surface area contributed by atoms with Crippen molar-refractivity contribution in [1.29, 1.82) is 0 Å². The van der Waals surface area contributed by atoms with Crippen molar-refractivity contribution in [3.05, 3.63) is 11.1 Å². The number of hydrogen-bond donors (Lipinski definition) is 0. The van der Waals surface area contributed by atoms with E-state index in [4.69, 9.17) is 0 Å². The lowest BCUT2D eigenvalue weighted by Gasteiger charge is -2.17. The van der Waals surface area contributed by atoms with E-state index >= 15 is 0 Å². The summed E-state index contributed by atoms with van der Waals surface area (Å²) >= 11 is 0. The first kappa shape index (κ1) is 8.67. The smallest absolute Gasteiger partial charge is 0.155 e. The number of fused-ring (bicyclic) bond motifs is 1. The molecule has 0 aliphatic heterocycles. The van der Waals surface area contributed by atoms with Gasteiger partial charge in [-0.2, -0.15) is 0 Å². The summed E-state index contributed by atoms with van der Waals surface area (Å²) in [5, 5.41) is 0.